The van der Waals surface area contributed by atoms with Crippen LogP contribution in [0.15, 0.2) is 53.1 Å². The highest BCUT2D eigenvalue weighted by Crippen LogP contribution is 2.25. The molecular formula is C15H10ClFO2. The van der Waals surface area contributed by atoms with Crippen molar-refractivity contribution in [3.05, 3.63) is 65.1 Å². The number of hydrogen-bond acceptors (Lipinski definition) is 2. The Morgan fingerprint density at radius 2 is 1.89 bits per heavy atom. The maximum atomic E-state index is 13.5. The fourth-order valence-electron chi connectivity index (χ4n) is 1.88. The molecule has 0 aliphatic heterocycles. The highest BCUT2D eigenvalue weighted by molar-refractivity contribution is 6.30. The first-order valence-electron chi connectivity index (χ1n) is 5.77. The number of fused-ring (bicyclic) bond motifs is 1. The summed E-state index contributed by atoms with van der Waals surface area (Å²) in [6.45, 7) is 0.318. The molecule has 3 aromatic rings. The Kier molecular flexibility index (Phi) is 3.13. The van der Waals surface area contributed by atoms with E-state index in [1.54, 1.807) is 30.3 Å². The monoisotopic (exact) mass is 276 g/mol. The van der Waals surface area contributed by atoms with Gasteiger partial charge in [-0.05, 0) is 30.3 Å². The molecule has 0 amide bonds. The molecule has 0 bridgehead atoms. The summed E-state index contributed by atoms with van der Waals surface area (Å²) in [7, 11) is 0. The fraction of sp³-hybridized carbons (Fsp3) is 0.0667. The summed E-state index contributed by atoms with van der Waals surface area (Å²) in [5, 5.41) is 1.39. The molecule has 3 rings (SSSR count). The molecule has 0 N–H and O–H groups in total. The van der Waals surface area contributed by atoms with Gasteiger partial charge in [-0.2, -0.15) is 0 Å². The minimum Gasteiger partial charge on any atom is -0.489 e. The van der Waals surface area contributed by atoms with Gasteiger partial charge in [-0.1, -0.05) is 23.7 Å². The summed E-state index contributed by atoms with van der Waals surface area (Å²) < 4.78 is 24.3. The van der Waals surface area contributed by atoms with E-state index >= 15 is 0 Å². The van der Waals surface area contributed by atoms with Crippen molar-refractivity contribution in [3.63, 3.8) is 0 Å². The largest absolute Gasteiger partial charge is 0.489 e. The molecule has 0 radical (unpaired) electrons. The number of hydrogen-bond donors (Lipinski definition) is 0. The summed E-state index contributed by atoms with van der Waals surface area (Å²) >= 11 is 5.79. The summed E-state index contributed by atoms with van der Waals surface area (Å²) in [6.07, 6.45) is 1.52. The van der Waals surface area contributed by atoms with Crippen molar-refractivity contribution >= 4 is 22.6 Å². The van der Waals surface area contributed by atoms with Crippen LogP contribution in [0.5, 0.6) is 5.75 Å². The van der Waals surface area contributed by atoms with Gasteiger partial charge in [-0.3, -0.25) is 0 Å². The zero-order valence-electron chi connectivity index (χ0n) is 9.90. The van der Waals surface area contributed by atoms with Crippen molar-refractivity contribution in [2.45, 2.75) is 6.61 Å². The van der Waals surface area contributed by atoms with Crippen molar-refractivity contribution in [1.29, 1.82) is 0 Å². The van der Waals surface area contributed by atoms with Crippen LogP contribution < -0.4 is 4.74 Å². The first-order chi connectivity index (χ1) is 9.24. The first kappa shape index (κ1) is 12.1. The lowest BCUT2D eigenvalue weighted by Crippen LogP contribution is -1.94. The molecule has 0 aliphatic carbocycles. The molecule has 2 nitrogen and oxygen atoms in total. The van der Waals surface area contributed by atoms with E-state index in [2.05, 4.69) is 0 Å². The zero-order chi connectivity index (χ0) is 13.2. The Morgan fingerprint density at radius 1 is 1.11 bits per heavy atom. The van der Waals surface area contributed by atoms with Crippen molar-refractivity contribution in [2.75, 3.05) is 0 Å². The van der Waals surface area contributed by atoms with Crippen LogP contribution in [-0.2, 0) is 6.61 Å². The number of para-hydroxylation sites is 1. The van der Waals surface area contributed by atoms with Gasteiger partial charge in [0.05, 0.1) is 6.26 Å². The minimum atomic E-state index is -0.366. The van der Waals surface area contributed by atoms with Crippen molar-refractivity contribution in [2.24, 2.45) is 0 Å². The molecule has 2 aromatic carbocycles. The molecule has 96 valence electrons. The lowest BCUT2D eigenvalue weighted by molar-refractivity contribution is 0.306. The SMILES string of the molecule is Fc1cccc2c(COc3ccc(Cl)cc3)coc12. The van der Waals surface area contributed by atoms with Crippen LogP contribution in [0.1, 0.15) is 5.56 Å². The van der Waals surface area contributed by atoms with E-state index in [1.165, 1.54) is 12.3 Å². The quantitative estimate of drug-likeness (QED) is 0.685. The lowest BCUT2D eigenvalue weighted by Gasteiger charge is -2.04. The fourth-order valence-corrected chi connectivity index (χ4v) is 2.00. The van der Waals surface area contributed by atoms with E-state index in [0.29, 0.717) is 17.4 Å². The molecule has 0 saturated carbocycles. The molecule has 0 aliphatic rings. The van der Waals surface area contributed by atoms with Gasteiger partial charge in [0.25, 0.3) is 0 Å². The van der Waals surface area contributed by atoms with Gasteiger partial charge >= 0.3 is 0 Å². The second kappa shape index (κ2) is 4.94. The second-order valence-corrected chi connectivity index (χ2v) is 4.56. The average molecular weight is 277 g/mol. The van der Waals surface area contributed by atoms with Gasteiger partial charge in [0.15, 0.2) is 11.4 Å². The van der Waals surface area contributed by atoms with Crippen molar-refractivity contribution < 1.29 is 13.5 Å². The normalized spacial score (nSPS) is 10.8. The van der Waals surface area contributed by atoms with Crippen LogP contribution >= 0.6 is 11.6 Å². The highest BCUT2D eigenvalue weighted by Gasteiger charge is 2.09. The predicted octanol–water partition coefficient (Wildman–Crippen LogP) is 4.80. The molecule has 4 heteroatoms. The average Bonchev–Trinajstić information content (AvgIpc) is 2.83. The zero-order valence-corrected chi connectivity index (χ0v) is 10.7. The van der Waals surface area contributed by atoms with Crippen LogP contribution in [0.2, 0.25) is 5.02 Å². The Bertz CT molecular complexity index is 704. The van der Waals surface area contributed by atoms with E-state index in [1.807, 2.05) is 6.07 Å². The van der Waals surface area contributed by atoms with Crippen LogP contribution in [0.3, 0.4) is 0 Å². The third kappa shape index (κ3) is 2.42. The lowest BCUT2D eigenvalue weighted by atomic mass is 10.2. The maximum absolute atomic E-state index is 13.5. The van der Waals surface area contributed by atoms with E-state index in [4.69, 9.17) is 20.8 Å². The third-order valence-corrected chi connectivity index (χ3v) is 3.09. The number of halogens is 2. The number of benzene rings is 2. The first-order valence-corrected chi connectivity index (χ1v) is 6.15. The Labute approximate surface area is 114 Å². The van der Waals surface area contributed by atoms with E-state index < -0.39 is 0 Å². The molecule has 1 heterocycles. The summed E-state index contributed by atoms with van der Waals surface area (Å²) in [4.78, 5) is 0. The van der Waals surface area contributed by atoms with Crippen molar-refractivity contribution in [3.8, 4) is 5.75 Å². The van der Waals surface area contributed by atoms with E-state index in [9.17, 15) is 4.39 Å². The summed E-state index contributed by atoms with van der Waals surface area (Å²) in [5.74, 6) is 0.338. The molecule has 1 aromatic heterocycles. The van der Waals surface area contributed by atoms with Gasteiger partial charge in [0.2, 0.25) is 0 Å². The van der Waals surface area contributed by atoms with Gasteiger partial charge < -0.3 is 9.15 Å². The molecule has 0 spiro atoms. The number of furan rings is 1. The third-order valence-electron chi connectivity index (χ3n) is 2.84. The van der Waals surface area contributed by atoms with Gasteiger partial charge in [0, 0.05) is 16.0 Å². The number of ether oxygens (including phenoxy) is 1. The van der Waals surface area contributed by atoms with Gasteiger partial charge in [-0.25, -0.2) is 4.39 Å². The number of rotatable bonds is 3. The summed E-state index contributed by atoms with van der Waals surface area (Å²) in [5.41, 5.74) is 1.07. The van der Waals surface area contributed by atoms with Crippen LogP contribution in [0, 0.1) is 5.82 Å². The van der Waals surface area contributed by atoms with Crippen LogP contribution in [0.4, 0.5) is 4.39 Å². The van der Waals surface area contributed by atoms with E-state index in [0.717, 1.165) is 10.9 Å². The standard InChI is InChI=1S/C15H10ClFO2/c16-11-4-6-12(7-5-11)18-8-10-9-19-15-13(10)2-1-3-14(15)17/h1-7,9H,8H2. The van der Waals surface area contributed by atoms with Crippen LogP contribution in [0.25, 0.3) is 11.0 Å². The molecule has 19 heavy (non-hydrogen) atoms. The maximum Gasteiger partial charge on any atom is 0.169 e. The molecular weight excluding hydrogens is 267 g/mol. The highest BCUT2D eigenvalue weighted by atomic mass is 35.5. The van der Waals surface area contributed by atoms with Crippen molar-refractivity contribution in [1.82, 2.24) is 0 Å². The second-order valence-electron chi connectivity index (χ2n) is 4.12. The van der Waals surface area contributed by atoms with Gasteiger partial charge in [-0.15, -0.1) is 0 Å². The Balaban J connectivity index is 1.82. The Morgan fingerprint density at radius 3 is 2.68 bits per heavy atom. The minimum absolute atomic E-state index is 0.261. The van der Waals surface area contributed by atoms with Crippen LogP contribution in [-0.4, -0.2) is 0 Å². The molecule has 0 atom stereocenters. The van der Waals surface area contributed by atoms with E-state index in [-0.39, 0.29) is 11.4 Å². The molecule has 0 saturated heterocycles. The molecule has 0 unspecified atom stereocenters. The summed E-state index contributed by atoms with van der Waals surface area (Å²) in [6, 6.07) is 11.9. The van der Waals surface area contributed by atoms with Gasteiger partial charge in [0.1, 0.15) is 12.4 Å². The Hall–Kier alpha value is -2.00. The smallest absolute Gasteiger partial charge is 0.169 e. The topological polar surface area (TPSA) is 22.4 Å². The molecule has 0 fully saturated rings. The predicted molar refractivity (Wildman–Crippen MR) is 72.0 cm³/mol.